The number of benzene rings is 1. The lowest BCUT2D eigenvalue weighted by atomic mass is 10.1. The van der Waals surface area contributed by atoms with Crippen molar-refractivity contribution in [3.05, 3.63) is 46.5 Å². The van der Waals surface area contributed by atoms with Crippen LogP contribution in [0.1, 0.15) is 6.92 Å². The van der Waals surface area contributed by atoms with Crippen molar-refractivity contribution in [2.45, 2.75) is 6.92 Å². The van der Waals surface area contributed by atoms with Crippen molar-refractivity contribution >= 4 is 12.0 Å². The lowest BCUT2D eigenvalue weighted by Crippen LogP contribution is -2.29. The average molecular weight is 171 g/mol. The molecule has 0 N–H and O–H groups in total. The third-order valence-corrected chi connectivity index (χ3v) is 2.03. The predicted molar refractivity (Wildman–Crippen MR) is 50.5 cm³/mol. The number of carbonyl (C=O) groups excluding carboxylic acids is 1. The molecule has 0 saturated carbocycles. The van der Waals surface area contributed by atoms with Crippen LogP contribution in [0.3, 0.4) is 0 Å². The Morgan fingerprint density at radius 3 is 2.85 bits per heavy atom. The van der Waals surface area contributed by atoms with Gasteiger partial charge in [-0.05, 0) is 19.1 Å². The number of fused-ring (bicyclic) bond motifs is 1. The van der Waals surface area contributed by atoms with Crippen LogP contribution in [0.2, 0.25) is 0 Å². The minimum absolute atomic E-state index is 0.152. The molecule has 0 aliphatic carbocycles. The van der Waals surface area contributed by atoms with E-state index in [0.29, 0.717) is 5.57 Å². The van der Waals surface area contributed by atoms with Gasteiger partial charge >= 0.3 is 0 Å². The van der Waals surface area contributed by atoms with Crippen molar-refractivity contribution in [3.63, 3.8) is 0 Å². The fraction of sp³-hybridized carbons (Fsp3) is 0.0909. The van der Waals surface area contributed by atoms with Crippen molar-refractivity contribution in [2.24, 2.45) is 4.99 Å². The van der Waals surface area contributed by atoms with Crippen molar-refractivity contribution in [1.29, 1.82) is 0 Å². The maximum absolute atomic E-state index is 11.3. The Bertz CT molecular complexity index is 497. The standard InChI is InChI=1S/C11H9NO/c1-2-8-7-9-5-3-4-6-10(9)12-11(8)13/h2-7H,1H3. The first kappa shape index (κ1) is 7.92. The van der Waals surface area contributed by atoms with E-state index in [2.05, 4.69) is 4.99 Å². The van der Waals surface area contributed by atoms with Gasteiger partial charge in [0.25, 0.3) is 5.91 Å². The summed E-state index contributed by atoms with van der Waals surface area (Å²) in [6.45, 7) is 1.84. The molecule has 1 amide bonds. The number of hydrogen-bond acceptors (Lipinski definition) is 1. The first-order chi connectivity index (χ1) is 6.31. The molecule has 0 aromatic heterocycles. The summed E-state index contributed by atoms with van der Waals surface area (Å²) in [6, 6.07) is 7.61. The quantitative estimate of drug-likeness (QED) is 0.525. The van der Waals surface area contributed by atoms with Crippen molar-refractivity contribution < 1.29 is 4.79 Å². The first-order valence-corrected chi connectivity index (χ1v) is 4.17. The maximum atomic E-state index is 11.3. The molecule has 0 fully saturated rings. The second kappa shape index (κ2) is 2.98. The van der Waals surface area contributed by atoms with Crippen LogP contribution in [0.25, 0.3) is 6.08 Å². The molecule has 1 aliphatic heterocycles. The van der Waals surface area contributed by atoms with E-state index >= 15 is 0 Å². The van der Waals surface area contributed by atoms with E-state index in [9.17, 15) is 4.79 Å². The number of hydrogen-bond donors (Lipinski definition) is 0. The van der Waals surface area contributed by atoms with Gasteiger partial charge in [0.15, 0.2) is 0 Å². The summed E-state index contributed by atoms with van der Waals surface area (Å²) in [5.74, 6) is -0.152. The van der Waals surface area contributed by atoms with E-state index in [-0.39, 0.29) is 5.91 Å². The fourth-order valence-electron chi connectivity index (χ4n) is 1.32. The van der Waals surface area contributed by atoms with Gasteiger partial charge in [-0.25, -0.2) is 4.99 Å². The molecule has 0 radical (unpaired) electrons. The molecule has 2 nitrogen and oxygen atoms in total. The highest BCUT2D eigenvalue weighted by molar-refractivity contribution is 6.02. The van der Waals surface area contributed by atoms with Crippen LogP contribution in [0.15, 0.2) is 40.9 Å². The van der Waals surface area contributed by atoms with E-state index < -0.39 is 0 Å². The molecule has 13 heavy (non-hydrogen) atoms. The number of nitrogens with zero attached hydrogens (tertiary/aromatic N) is 1. The molecule has 0 unspecified atom stereocenters. The van der Waals surface area contributed by atoms with Crippen LogP contribution in [0.5, 0.6) is 0 Å². The molecule has 0 saturated heterocycles. The number of amides is 1. The zero-order valence-electron chi connectivity index (χ0n) is 7.32. The van der Waals surface area contributed by atoms with Gasteiger partial charge in [-0.2, -0.15) is 0 Å². The molecule has 2 rings (SSSR count). The van der Waals surface area contributed by atoms with Gasteiger partial charge in [-0.3, -0.25) is 4.79 Å². The van der Waals surface area contributed by atoms with Gasteiger partial charge in [0.05, 0.1) is 5.36 Å². The number of allylic oxidation sites excluding steroid dienone is 1. The second-order valence-electron chi connectivity index (χ2n) is 2.86. The zero-order chi connectivity index (χ0) is 9.26. The van der Waals surface area contributed by atoms with Gasteiger partial charge in [0.1, 0.15) is 0 Å². The molecule has 1 aliphatic rings. The molecule has 2 heteroatoms. The molecule has 0 spiro atoms. The molecule has 0 atom stereocenters. The molecule has 64 valence electrons. The van der Waals surface area contributed by atoms with Gasteiger partial charge < -0.3 is 0 Å². The Hall–Kier alpha value is -1.70. The monoisotopic (exact) mass is 171 g/mol. The minimum Gasteiger partial charge on any atom is -0.267 e. The molecule has 0 bridgehead atoms. The molecule has 1 aromatic carbocycles. The maximum Gasteiger partial charge on any atom is 0.277 e. The Morgan fingerprint density at radius 1 is 1.31 bits per heavy atom. The summed E-state index contributed by atoms with van der Waals surface area (Å²) in [5.41, 5.74) is 0.665. The van der Waals surface area contributed by atoms with E-state index in [4.69, 9.17) is 0 Å². The molecule has 1 heterocycles. The molecule has 1 aromatic rings. The normalized spacial score (nSPS) is 17.6. The number of para-hydroxylation sites is 1. The van der Waals surface area contributed by atoms with Crippen LogP contribution in [0.4, 0.5) is 0 Å². The lowest BCUT2D eigenvalue weighted by Gasteiger charge is -2.00. The minimum atomic E-state index is -0.152. The van der Waals surface area contributed by atoms with Gasteiger partial charge in [-0.15, -0.1) is 0 Å². The van der Waals surface area contributed by atoms with Crippen LogP contribution in [0, 0.1) is 0 Å². The first-order valence-electron chi connectivity index (χ1n) is 4.17. The van der Waals surface area contributed by atoms with Crippen molar-refractivity contribution in [3.8, 4) is 0 Å². The number of carbonyl (C=O) groups is 1. The summed E-state index contributed by atoms with van der Waals surface area (Å²) >= 11 is 0. The van der Waals surface area contributed by atoms with Gasteiger partial charge in [0.2, 0.25) is 0 Å². The van der Waals surface area contributed by atoms with E-state index in [1.807, 2.05) is 37.3 Å². The fourth-order valence-corrected chi connectivity index (χ4v) is 1.32. The second-order valence-corrected chi connectivity index (χ2v) is 2.86. The lowest BCUT2D eigenvalue weighted by molar-refractivity contribution is -0.114. The summed E-state index contributed by atoms with van der Waals surface area (Å²) in [7, 11) is 0. The van der Waals surface area contributed by atoms with E-state index in [1.165, 1.54) is 0 Å². The SMILES string of the molecule is CC=C1C=c2ccccc2=NC1=O. The predicted octanol–water partition coefficient (Wildman–Crippen LogP) is 0.573. The van der Waals surface area contributed by atoms with E-state index in [1.54, 1.807) is 6.08 Å². The summed E-state index contributed by atoms with van der Waals surface area (Å²) in [6.07, 6.45) is 3.65. The summed E-state index contributed by atoms with van der Waals surface area (Å²) in [5, 5.41) is 1.77. The smallest absolute Gasteiger partial charge is 0.267 e. The summed E-state index contributed by atoms with van der Waals surface area (Å²) in [4.78, 5) is 15.3. The Kier molecular flexibility index (Phi) is 1.81. The van der Waals surface area contributed by atoms with E-state index in [0.717, 1.165) is 10.6 Å². The van der Waals surface area contributed by atoms with Crippen LogP contribution in [-0.2, 0) is 4.79 Å². The van der Waals surface area contributed by atoms with Crippen LogP contribution >= 0.6 is 0 Å². The average Bonchev–Trinajstić information content (AvgIpc) is 2.17. The highest BCUT2D eigenvalue weighted by atomic mass is 16.1. The number of rotatable bonds is 0. The van der Waals surface area contributed by atoms with Gasteiger partial charge in [-0.1, -0.05) is 24.3 Å². The van der Waals surface area contributed by atoms with Gasteiger partial charge in [0, 0.05) is 10.8 Å². The molecular weight excluding hydrogens is 162 g/mol. The summed E-state index contributed by atoms with van der Waals surface area (Å²) < 4.78 is 0. The van der Waals surface area contributed by atoms with Crippen LogP contribution < -0.4 is 10.6 Å². The Morgan fingerprint density at radius 2 is 2.08 bits per heavy atom. The highest BCUT2D eigenvalue weighted by Crippen LogP contribution is 2.00. The molecular formula is C11H9NO. The zero-order valence-corrected chi connectivity index (χ0v) is 7.32. The van der Waals surface area contributed by atoms with Crippen molar-refractivity contribution in [2.75, 3.05) is 0 Å². The Balaban J connectivity index is 2.81. The third-order valence-electron chi connectivity index (χ3n) is 2.03. The topological polar surface area (TPSA) is 29.4 Å². The largest absolute Gasteiger partial charge is 0.277 e. The highest BCUT2D eigenvalue weighted by Gasteiger charge is 2.07. The van der Waals surface area contributed by atoms with Crippen molar-refractivity contribution in [1.82, 2.24) is 0 Å². The van der Waals surface area contributed by atoms with Crippen LogP contribution in [-0.4, -0.2) is 5.91 Å². The third kappa shape index (κ3) is 1.31. The Labute approximate surface area is 75.9 Å².